The molecular formula is C23H26N4O4. The molecule has 8 nitrogen and oxygen atoms in total. The molecule has 162 valence electrons. The Labute approximate surface area is 180 Å². The maximum atomic E-state index is 12.9. The molecule has 5 rings (SSSR count). The average molecular weight is 422 g/mol. The summed E-state index contributed by atoms with van der Waals surface area (Å²) in [5.41, 5.74) is 2.63. The minimum absolute atomic E-state index is 0.0145. The number of nitrogens with one attached hydrogen (secondary N) is 2. The zero-order chi connectivity index (χ0) is 21.5. The van der Waals surface area contributed by atoms with E-state index in [9.17, 15) is 14.4 Å². The van der Waals surface area contributed by atoms with Crippen LogP contribution in [0, 0.1) is 12.8 Å². The van der Waals surface area contributed by atoms with E-state index in [0.29, 0.717) is 42.8 Å². The molecular weight excluding hydrogens is 396 g/mol. The van der Waals surface area contributed by atoms with Gasteiger partial charge >= 0.3 is 0 Å². The molecule has 0 spiro atoms. The van der Waals surface area contributed by atoms with Crippen LogP contribution in [0.3, 0.4) is 0 Å². The molecule has 8 heteroatoms. The number of fused-ring (bicyclic) bond motifs is 3. The van der Waals surface area contributed by atoms with Crippen molar-refractivity contribution in [3.8, 4) is 0 Å². The molecule has 2 bridgehead atoms. The SMILES string of the molecule is Cc1cncc(CC(=O)N2CC3CC2CCC3NC(=O)c2coc3c2C(=O)NCC3)c1. The van der Waals surface area contributed by atoms with Gasteiger partial charge in [-0.2, -0.15) is 0 Å². The standard InChI is InChI=1S/C23H26N4O4/c1-13-6-14(10-24-9-13)7-20(28)27-11-15-8-16(27)2-3-18(15)26-22(29)17-12-31-19-4-5-25-23(30)21(17)19/h6,9-10,12,15-16,18H,2-5,7-8,11H2,1H3,(H,25,30)(H,26,29). The highest BCUT2D eigenvalue weighted by molar-refractivity contribution is 6.08. The van der Waals surface area contributed by atoms with Crippen molar-refractivity contribution in [2.75, 3.05) is 13.1 Å². The minimum Gasteiger partial charge on any atom is -0.468 e. The summed E-state index contributed by atoms with van der Waals surface area (Å²) in [5.74, 6) is 0.375. The molecule has 1 saturated heterocycles. The van der Waals surface area contributed by atoms with Crippen LogP contribution >= 0.6 is 0 Å². The van der Waals surface area contributed by atoms with Crippen molar-refractivity contribution in [3.63, 3.8) is 0 Å². The molecule has 4 heterocycles. The summed E-state index contributed by atoms with van der Waals surface area (Å²) < 4.78 is 5.46. The number of pyridine rings is 1. The van der Waals surface area contributed by atoms with E-state index in [1.54, 1.807) is 12.4 Å². The molecule has 2 aliphatic heterocycles. The highest BCUT2D eigenvalue weighted by Gasteiger charge is 2.43. The Morgan fingerprint density at radius 2 is 2.19 bits per heavy atom. The molecule has 3 aliphatic rings. The topological polar surface area (TPSA) is 105 Å². The van der Waals surface area contributed by atoms with Gasteiger partial charge in [0.25, 0.3) is 11.8 Å². The average Bonchev–Trinajstić information content (AvgIpc) is 3.33. The summed E-state index contributed by atoms with van der Waals surface area (Å²) in [7, 11) is 0. The van der Waals surface area contributed by atoms with Crippen molar-refractivity contribution in [3.05, 3.63) is 52.7 Å². The molecule has 2 aromatic rings. The smallest absolute Gasteiger partial charge is 0.255 e. The zero-order valence-corrected chi connectivity index (χ0v) is 17.5. The highest BCUT2D eigenvalue weighted by Crippen LogP contribution is 2.36. The van der Waals surface area contributed by atoms with E-state index in [2.05, 4.69) is 15.6 Å². The maximum absolute atomic E-state index is 12.9. The van der Waals surface area contributed by atoms with Gasteiger partial charge in [0.1, 0.15) is 12.0 Å². The van der Waals surface area contributed by atoms with Gasteiger partial charge in [0.05, 0.1) is 17.5 Å². The van der Waals surface area contributed by atoms with Crippen LogP contribution in [0.5, 0.6) is 0 Å². The fraction of sp³-hybridized carbons (Fsp3) is 0.478. The first kappa shape index (κ1) is 19.8. The summed E-state index contributed by atoms with van der Waals surface area (Å²) in [6, 6.07) is 2.22. The molecule has 3 amide bonds. The lowest BCUT2D eigenvalue weighted by molar-refractivity contribution is -0.131. The van der Waals surface area contributed by atoms with E-state index in [4.69, 9.17) is 4.42 Å². The third-order valence-corrected chi connectivity index (χ3v) is 6.73. The number of aromatic nitrogens is 1. The van der Waals surface area contributed by atoms with E-state index in [1.165, 1.54) is 6.26 Å². The number of hydrogen-bond donors (Lipinski definition) is 2. The second kappa shape index (κ2) is 7.83. The molecule has 2 aromatic heterocycles. The molecule has 3 unspecified atom stereocenters. The van der Waals surface area contributed by atoms with Crippen LogP contribution < -0.4 is 10.6 Å². The lowest BCUT2D eigenvalue weighted by Gasteiger charge is -2.29. The Balaban J connectivity index is 1.24. The first-order valence-electron chi connectivity index (χ1n) is 10.9. The van der Waals surface area contributed by atoms with Crippen LogP contribution in [0.15, 0.2) is 29.1 Å². The Kier molecular flexibility index (Phi) is 5.00. The van der Waals surface area contributed by atoms with Gasteiger partial charge in [-0.1, -0.05) is 6.07 Å². The number of nitrogens with zero attached hydrogens (tertiary/aromatic N) is 2. The zero-order valence-electron chi connectivity index (χ0n) is 17.5. The predicted octanol–water partition coefficient (Wildman–Crippen LogP) is 1.62. The van der Waals surface area contributed by atoms with Crippen molar-refractivity contribution >= 4 is 17.7 Å². The van der Waals surface area contributed by atoms with Crippen LogP contribution in [-0.2, 0) is 17.6 Å². The van der Waals surface area contributed by atoms with Gasteiger partial charge in [0, 0.05) is 44.0 Å². The summed E-state index contributed by atoms with van der Waals surface area (Å²) in [6.45, 7) is 3.14. The quantitative estimate of drug-likeness (QED) is 0.779. The molecule has 2 fully saturated rings. The normalized spacial score (nSPS) is 24.5. The fourth-order valence-electron chi connectivity index (χ4n) is 5.23. The molecule has 31 heavy (non-hydrogen) atoms. The molecule has 0 radical (unpaired) electrons. The number of rotatable bonds is 4. The third kappa shape index (κ3) is 3.71. The second-order valence-electron chi connectivity index (χ2n) is 8.85. The van der Waals surface area contributed by atoms with Gasteiger partial charge in [-0.15, -0.1) is 0 Å². The highest BCUT2D eigenvalue weighted by atomic mass is 16.3. The lowest BCUT2D eigenvalue weighted by Crippen LogP contribution is -2.43. The Morgan fingerprint density at radius 1 is 1.32 bits per heavy atom. The molecule has 3 atom stereocenters. The maximum Gasteiger partial charge on any atom is 0.255 e. The van der Waals surface area contributed by atoms with Crippen LogP contribution in [0.4, 0.5) is 0 Å². The van der Waals surface area contributed by atoms with Gasteiger partial charge in [-0.3, -0.25) is 19.4 Å². The third-order valence-electron chi connectivity index (χ3n) is 6.73. The van der Waals surface area contributed by atoms with Gasteiger partial charge in [0.15, 0.2) is 0 Å². The van der Waals surface area contributed by atoms with Crippen LogP contribution in [0.1, 0.15) is 56.9 Å². The lowest BCUT2D eigenvalue weighted by atomic mass is 9.85. The van der Waals surface area contributed by atoms with E-state index >= 15 is 0 Å². The minimum atomic E-state index is -0.277. The van der Waals surface area contributed by atoms with Crippen molar-refractivity contribution in [1.82, 2.24) is 20.5 Å². The van der Waals surface area contributed by atoms with Gasteiger partial charge < -0.3 is 20.0 Å². The first-order chi connectivity index (χ1) is 15.0. The Bertz CT molecular complexity index is 1050. The van der Waals surface area contributed by atoms with Gasteiger partial charge in [-0.05, 0) is 43.2 Å². The largest absolute Gasteiger partial charge is 0.468 e. The first-order valence-corrected chi connectivity index (χ1v) is 10.9. The second-order valence-corrected chi connectivity index (χ2v) is 8.85. The van der Waals surface area contributed by atoms with Crippen molar-refractivity contribution in [2.24, 2.45) is 5.92 Å². The summed E-state index contributed by atoms with van der Waals surface area (Å²) >= 11 is 0. The number of furan rings is 1. The molecule has 1 saturated carbocycles. The molecule has 1 aliphatic carbocycles. The van der Waals surface area contributed by atoms with Crippen LogP contribution in [0.2, 0.25) is 0 Å². The summed E-state index contributed by atoms with van der Waals surface area (Å²) in [5, 5.41) is 5.87. The number of carbonyl (C=O) groups excluding carboxylic acids is 3. The van der Waals surface area contributed by atoms with E-state index in [-0.39, 0.29) is 35.7 Å². The number of likely N-dealkylation sites (tertiary alicyclic amines) is 1. The number of amides is 3. The number of aryl methyl sites for hydroxylation is 1. The molecule has 2 N–H and O–H groups in total. The summed E-state index contributed by atoms with van der Waals surface area (Å²) in [6.07, 6.45) is 8.44. The molecule has 0 aromatic carbocycles. The van der Waals surface area contributed by atoms with E-state index < -0.39 is 0 Å². The van der Waals surface area contributed by atoms with Crippen molar-refractivity contribution in [2.45, 2.75) is 51.1 Å². The van der Waals surface area contributed by atoms with Crippen LogP contribution in [0.25, 0.3) is 0 Å². The predicted molar refractivity (Wildman–Crippen MR) is 112 cm³/mol. The Hall–Kier alpha value is -3.16. The number of carbonyl (C=O) groups is 3. The van der Waals surface area contributed by atoms with Crippen molar-refractivity contribution < 1.29 is 18.8 Å². The van der Waals surface area contributed by atoms with E-state index in [0.717, 1.165) is 30.4 Å². The summed E-state index contributed by atoms with van der Waals surface area (Å²) in [4.78, 5) is 44.2. The fourth-order valence-corrected chi connectivity index (χ4v) is 5.23. The Morgan fingerprint density at radius 3 is 3.03 bits per heavy atom. The van der Waals surface area contributed by atoms with Gasteiger partial charge in [0.2, 0.25) is 5.91 Å². The monoisotopic (exact) mass is 422 g/mol. The van der Waals surface area contributed by atoms with Gasteiger partial charge in [-0.25, -0.2) is 0 Å². The van der Waals surface area contributed by atoms with Crippen LogP contribution in [-0.4, -0.2) is 52.8 Å². The van der Waals surface area contributed by atoms with E-state index in [1.807, 2.05) is 17.9 Å². The number of hydrogen-bond acceptors (Lipinski definition) is 5. The van der Waals surface area contributed by atoms with Crippen molar-refractivity contribution in [1.29, 1.82) is 0 Å².